The monoisotopic (exact) mass is 480 g/mol. The quantitative estimate of drug-likeness (QED) is 0.139. The van der Waals surface area contributed by atoms with E-state index < -0.39 is 22.7 Å². The maximum absolute atomic E-state index is 14.3. The molecule has 0 amide bonds. The largest absolute Gasteiger partial charge is 0.425 e. The van der Waals surface area contributed by atoms with Crippen LogP contribution < -0.4 is 4.74 Å². The van der Waals surface area contributed by atoms with Crippen molar-refractivity contribution in [3.63, 3.8) is 0 Å². The van der Waals surface area contributed by atoms with Gasteiger partial charge in [-0.3, -0.25) is 14.4 Å². The van der Waals surface area contributed by atoms with Crippen LogP contribution in [0.15, 0.2) is 91.0 Å². The van der Waals surface area contributed by atoms with Crippen molar-refractivity contribution in [2.45, 2.75) is 19.3 Å². The Morgan fingerprint density at radius 3 is 2.20 bits per heavy atom. The van der Waals surface area contributed by atoms with Gasteiger partial charge in [-0.15, -0.1) is 0 Å². The lowest BCUT2D eigenvalue weighted by Crippen LogP contribution is -2.39. The Kier molecular flexibility index (Phi) is 4.74. The van der Waals surface area contributed by atoms with E-state index in [9.17, 15) is 14.4 Å². The van der Waals surface area contributed by atoms with Gasteiger partial charge in [-0.1, -0.05) is 79.2 Å². The molecule has 1 aliphatic heterocycles. The minimum Gasteiger partial charge on any atom is -0.425 e. The third-order valence-corrected chi connectivity index (χ3v) is 8.01. The highest BCUT2D eigenvalue weighted by Crippen LogP contribution is 2.81. The SMILES string of the molecule is CC[C@@]1(C(=O)c2ccc(Cl)cc2)[C@H]2c3c(ccc4ccccc34)OC(=O)[C@@]21C(=O)c1ccccc1. The second kappa shape index (κ2) is 7.62. The summed E-state index contributed by atoms with van der Waals surface area (Å²) in [5.41, 5.74) is -1.37. The lowest BCUT2D eigenvalue weighted by atomic mass is 9.79. The molecule has 0 radical (unpaired) electrons. The van der Waals surface area contributed by atoms with Crippen molar-refractivity contribution in [3.05, 3.63) is 113 Å². The van der Waals surface area contributed by atoms with E-state index in [1.54, 1.807) is 54.6 Å². The summed E-state index contributed by atoms with van der Waals surface area (Å²) in [6, 6.07) is 26.7. The van der Waals surface area contributed by atoms with E-state index in [2.05, 4.69) is 0 Å². The average Bonchev–Trinajstić information content (AvgIpc) is 3.54. The predicted octanol–water partition coefficient (Wildman–Crippen LogP) is 6.66. The summed E-state index contributed by atoms with van der Waals surface area (Å²) in [4.78, 5) is 42.3. The first-order chi connectivity index (χ1) is 17.0. The van der Waals surface area contributed by atoms with E-state index in [-0.39, 0.29) is 11.6 Å². The third-order valence-electron chi connectivity index (χ3n) is 7.75. The Morgan fingerprint density at radius 2 is 1.49 bits per heavy atom. The summed E-state index contributed by atoms with van der Waals surface area (Å²) in [5.74, 6) is -1.52. The second-order valence-electron chi connectivity index (χ2n) is 9.19. The standard InChI is InChI=1S/C30H21ClO4/c1-2-29(26(32)20-12-15-21(31)16-13-20)25-24-22-11-7-6-8-18(22)14-17-23(24)35-28(34)30(25,29)27(33)19-9-4-3-5-10-19/h3-17,25H,2H2,1H3/t25-,29+,30+/m1/s1. The molecule has 5 heteroatoms. The van der Waals surface area contributed by atoms with Gasteiger partial charge >= 0.3 is 5.97 Å². The van der Waals surface area contributed by atoms with Crippen LogP contribution in [0.5, 0.6) is 5.75 Å². The zero-order valence-electron chi connectivity index (χ0n) is 19.0. The number of halogens is 1. The van der Waals surface area contributed by atoms with Gasteiger partial charge < -0.3 is 4.74 Å². The zero-order valence-corrected chi connectivity index (χ0v) is 19.7. The number of ketones is 2. The minimum atomic E-state index is -1.64. The first-order valence-electron chi connectivity index (χ1n) is 11.6. The zero-order chi connectivity index (χ0) is 24.4. The van der Waals surface area contributed by atoms with Gasteiger partial charge in [-0.05, 0) is 47.5 Å². The van der Waals surface area contributed by atoms with E-state index >= 15 is 0 Å². The molecule has 6 rings (SSSR count). The lowest BCUT2D eigenvalue weighted by molar-refractivity contribution is -0.140. The van der Waals surface area contributed by atoms with Crippen LogP contribution in [0.2, 0.25) is 5.02 Å². The Bertz CT molecular complexity index is 1530. The van der Waals surface area contributed by atoms with Crippen molar-refractivity contribution in [1.29, 1.82) is 0 Å². The summed E-state index contributed by atoms with van der Waals surface area (Å²) in [6.07, 6.45) is 0.301. The molecule has 0 aromatic heterocycles. The predicted molar refractivity (Wildman–Crippen MR) is 134 cm³/mol. The van der Waals surface area contributed by atoms with E-state index in [1.807, 2.05) is 43.3 Å². The molecule has 172 valence electrons. The number of ether oxygens (including phenoxy) is 1. The molecule has 0 unspecified atom stereocenters. The van der Waals surface area contributed by atoms with Crippen molar-refractivity contribution in [2.24, 2.45) is 10.8 Å². The Labute approximate surface area is 207 Å². The van der Waals surface area contributed by atoms with Crippen LogP contribution in [0.25, 0.3) is 10.8 Å². The van der Waals surface area contributed by atoms with Gasteiger partial charge in [-0.25, -0.2) is 0 Å². The lowest BCUT2D eigenvalue weighted by Gasteiger charge is -2.24. The van der Waals surface area contributed by atoms with Crippen LogP contribution >= 0.6 is 11.6 Å². The van der Waals surface area contributed by atoms with Crippen LogP contribution in [0.3, 0.4) is 0 Å². The molecule has 3 atom stereocenters. The first kappa shape index (κ1) is 21.8. The Hall–Kier alpha value is -3.76. The van der Waals surface area contributed by atoms with Gasteiger partial charge in [-0.2, -0.15) is 0 Å². The molecule has 0 saturated heterocycles. The molecule has 1 fully saturated rings. The number of carbonyl (C=O) groups excluding carboxylic acids is 3. The van der Waals surface area contributed by atoms with E-state index in [1.165, 1.54) is 0 Å². The van der Waals surface area contributed by atoms with Crippen LogP contribution in [-0.2, 0) is 4.79 Å². The highest BCUT2D eigenvalue weighted by molar-refractivity contribution is 6.31. The molecule has 4 aromatic rings. The van der Waals surface area contributed by atoms with Crippen LogP contribution in [-0.4, -0.2) is 17.5 Å². The van der Waals surface area contributed by atoms with E-state index in [0.717, 1.165) is 16.3 Å². The topological polar surface area (TPSA) is 60.4 Å². The molecule has 2 aliphatic rings. The fourth-order valence-corrected chi connectivity index (χ4v) is 6.32. The maximum atomic E-state index is 14.3. The van der Waals surface area contributed by atoms with Crippen molar-refractivity contribution < 1.29 is 19.1 Å². The molecule has 35 heavy (non-hydrogen) atoms. The number of carbonyl (C=O) groups is 3. The number of benzene rings is 4. The minimum absolute atomic E-state index is 0.247. The fourth-order valence-electron chi connectivity index (χ4n) is 6.20. The van der Waals surface area contributed by atoms with Crippen LogP contribution in [0.4, 0.5) is 0 Å². The van der Waals surface area contributed by atoms with Gasteiger partial charge in [0.05, 0.1) is 5.41 Å². The van der Waals surface area contributed by atoms with Gasteiger partial charge in [0, 0.05) is 27.6 Å². The van der Waals surface area contributed by atoms with E-state index in [4.69, 9.17) is 16.3 Å². The van der Waals surface area contributed by atoms with Crippen molar-refractivity contribution in [2.75, 3.05) is 0 Å². The highest BCUT2D eigenvalue weighted by atomic mass is 35.5. The molecule has 0 N–H and O–H groups in total. The third kappa shape index (κ3) is 2.72. The molecule has 1 heterocycles. The number of hydrogen-bond acceptors (Lipinski definition) is 4. The molecule has 1 aliphatic carbocycles. The number of esters is 1. The molecular formula is C30H21ClO4. The Morgan fingerprint density at radius 1 is 0.829 bits per heavy atom. The summed E-state index contributed by atoms with van der Waals surface area (Å²) in [7, 11) is 0. The normalized spacial score (nSPS) is 24.3. The molecule has 1 saturated carbocycles. The summed E-state index contributed by atoms with van der Waals surface area (Å²) >= 11 is 6.08. The van der Waals surface area contributed by atoms with Crippen molar-refractivity contribution in [3.8, 4) is 5.75 Å². The fraction of sp³-hybridized carbons (Fsp3) is 0.167. The highest BCUT2D eigenvalue weighted by Gasteiger charge is 2.89. The molecule has 0 spiro atoms. The number of hydrogen-bond donors (Lipinski definition) is 0. The van der Waals surface area contributed by atoms with E-state index in [0.29, 0.717) is 28.3 Å². The number of Topliss-reactive ketones (excluding diaryl/α,β-unsaturated/α-hetero) is 2. The van der Waals surface area contributed by atoms with Crippen molar-refractivity contribution >= 4 is 39.9 Å². The van der Waals surface area contributed by atoms with Crippen LogP contribution in [0, 0.1) is 10.8 Å². The smallest absolute Gasteiger partial charge is 0.327 e. The molecule has 0 bridgehead atoms. The van der Waals surface area contributed by atoms with Gasteiger partial charge in [0.1, 0.15) is 5.75 Å². The summed E-state index contributed by atoms with van der Waals surface area (Å²) in [6.45, 7) is 1.87. The second-order valence-corrected chi connectivity index (χ2v) is 9.62. The van der Waals surface area contributed by atoms with Gasteiger partial charge in [0.25, 0.3) is 0 Å². The van der Waals surface area contributed by atoms with Gasteiger partial charge in [0.2, 0.25) is 0 Å². The average molecular weight is 481 g/mol. The first-order valence-corrected chi connectivity index (χ1v) is 12.0. The molecule has 4 nitrogen and oxygen atoms in total. The Balaban J connectivity index is 1.65. The molecular weight excluding hydrogens is 460 g/mol. The van der Waals surface area contributed by atoms with Crippen LogP contribution in [0.1, 0.15) is 45.5 Å². The summed E-state index contributed by atoms with van der Waals surface area (Å²) in [5, 5.41) is 2.35. The maximum Gasteiger partial charge on any atom is 0.327 e. The summed E-state index contributed by atoms with van der Waals surface area (Å²) < 4.78 is 5.87. The van der Waals surface area contributed by atoms with Gasteiger partial charge in [0.15, 0.2) is 17.0 Å². The number of fused-ring (bicyclic) bond motifs is 5. The number of rotatable bonds is 5. The molecule has 4 aromatic carbocycles. The van der Waals surface area contributed by atoms with Crippen molar-refractivity contribution in [1.82, 2.24) is 0 Å².